The number of halogens is 1. The second-order valence-corrected chi connectivity index (χ2v) is 6.78. The van der Waals surface area contributed by atoms with E-state index in [9.17, 15) is 4.79 Å². The van der Waals surface area contributed by atoms with E-state index in [-0.39, 0.29) is 5.91 Å². The molecule has 0 radical (unpaired) electrons. The average Bonchev–Trinajstić information content (AvgIpc) is 2.51. The smallest absolute Gasteiger partial charge is 0.232 e. The van der Waals surface area contributed by atoms with Gasteiger partial charge in [-0.2, -0.15) is 0 Å². The fourth-order valence-corrected chi connectivity index (χ4v) is 3.05. The number of benzene rings is 2. The molecule has 0 aliphatic rings. The Bertz CT molecular complexity index is 610. The van der Waals surface area contributed by atoms with Crippen LogP contribution in [0.1, 0.15) is 16.7 Å². The van der Waals surface area contributed by atoms with Crippen molar-refractivity contribution in [2.24, 2.45) is 0 Å². The van der Waals surface area contributed by atoms with Gasteiger partial charge in [0.15, 0.2) is 0 Å². The first-order valence-electron chi connectivity index (χ1n) is 7.16. The fourth-order valence-electron chi connectivity index (χ4n) is 2.00. The Hall–Kier alpha value is -1.45. The lowest BCUT2D eigenvalue weighted by atomic mass is 10.2. The van der Waals surface area contributed by atoms with Gasteiger partial charge >= 0.3 is 0 Å². The maximum absolute atomic E-state index is 12.1. The summed E-state index contributed by atoms with van der Waals surface area (Å²) in [5, 5.41) is 0.714. The zero-order chi connectivity index (χ0) is 15.9. The highest BCUT2D eigenvalue weighted by Crippen LogP contribution is 2.15. The van der Waals surface area contributed by atoms with E-state index >= 15 is 0 Å². The summed E-state index contributed by atoms with van der Waals surface area (Å²) in [7, 11) is 1.84. The van der Waals surface area contributed by atoms with Crippen molar-refractivity contribution in [1.82, 2.24) is 4.90 Å². The van der Waals surface area contributed by atoms with Crippen LogP contribution in [0.3, 0.4) is 0 Å². The molecule has 0 saturated carbocycles. The van der Waals surface area contributed by atoms with Gasteiger partial charge in [-0.25, -0.2) is 0 Å². The quantitative estimate of drug-likeness (QED) is 0.773. The van der Waals surface area contributed by atoms with Crippen LogP contribution in [0.15, 0.2) is 48.5 Å². The minimum atomic E-state index is 0.145. The Labute approximate surface area is 141 Å². The Kier molecular flexibility index (Phi) is 6.34. The van der Waals surface area contributed by atoms with E-state index in [0.717, 1.165) is 11.3 Å². The summed E-state index contributed by atoms with van der Waals surface area (Å²) in [4.78, 5) is 13.9. The second kappa shape index (κ2) is 8.25. The molecule has 0 spiro atoms. The second-order valence-electron chi connectivity index (χ2n) is 5.35. The first kappa shape index (κ1) is 16.9. The maximum Gasteiger partial charge on any atom is 0.232 e. The SMILES string of the molecule is Cc1ccc(CSCC(=O)N(C)Cc2ccc(Cl)cc2)cc1. The third-order valence-corrected chi connectivity index (χ3v) is 4.61. The van der Waals surface area contributed by atoms with Crippen molar-refractivity contribution >= 4 is 29.3 Å². The number of nitrogens with zero attached hydrogens (tertiary/aromatic N) is 1. The zero-order valence-electron chi connectivity index (χ0n) is 12.9. The molecule has 2 aromatic carbocycles. The van der Waals surface area contributed by atoms with Gasteiger partial charge in [0, 0.05) is 24.4 Å². The van der Waals surface area contributed by atoms with E-state index < -0.39 is 0 Å². The van der Waals surface area contributed by atoms with Crippen molar-refractivity contribution in [3.63, 3.8) is 0 Å². The standard InChI is InChI=1S/C18H20ClNOS/c1-14-3-5-16(6-4-14)12-22-13-18(21)20(2)11-15-7-9-17(19)10-8-15/h3-10H,11-13H2,1-2H3. The van der Waals surface area contributed by atoms with Crippen molar-refractivity contribution in [3.05, 3.63) is 70.2 Å². The number of carbonyl (C=O) groups excluding carboxylic acids is 1. The van der Waals surface area contributed by atoms with Crippen LogP contribution in [-0.4, -0.2) is 23.6 Å². The van der Waals surface area contributed by atoms with Gasteiger partial charge in [-0.1, -0.05) is 53.6 Å². The van der Waals surface area contributed by atoms with Crippen LogP contribution in [0, 0.1) is 6.92 Å². The molecule has 0 aliphatic carbocycles. The Morgan fingerprint density at radius 3 is 2.27 bits per heavy atom. The van der Waals surface area contributed by atoms with E-state index in [0.29, 0.717) is 17.3 Å². The maximum atomic E-state index is 12.1. The molecule has 0 unspecified atom stereocenters. The van der Waals surface area contributed by atoms with Crippen molar-refractivity contribution in [3.8, 4) is 0 Å². The minimum absolute atomic E-state index is 0.145. The third kappa shape index (κ3) is 5.39. The third-order valence-electron chi connectivity index (χ3n) is 3.37. The van der Waals surface area contributed by atoms with Crippen LogP contribution in [0.4, 0.5) is 0 Å². The van der Waals surface area contributed by atoms with Gasteiger partial charge < -0.3 is 4.90 Å². The summed E-state index contributed by atoms with van der Waals surface area (Å²) in [5.74, 6) is 1.51. The molecule has 0 N–H and O–H groups in total. The van der Waals surface area contributed by atoms with E-state index in [4.69, 9.17) is 11.6 Å². The Morgan fingerprint density at radius 1 is 1.05 bits per heavy atom. The molecule has 2 aromatic rings. The van der Waals surface area contributed by atoms with Gasteiger partial charge in [0.05, 0.1) is 5.75 Å². The molecule has 0 fully saturated rings. The molecule has 0 atom stereocenters. The molecule has 0 heterocycles. The average molecular weight is 334 g/mol. The molecule has 4 heteroatoms. The van der Waals surface area contributed by atoms with Gasteiger partial charge in [-0.05, 0) is 30.2 Å². The lowest BCUT2D eigenvalue weighted by Gasteiger charge is -2.17. The predicted octanol–water partition coefficient (Wildman–Crippen LogP) is 4.54. The number of hydrogen-bond acceptors (Lipinski definition) is 2. The Morgan fingerprint density at radius 2 is 1.64 bits per heavy atom. The Balaban J connectivity index is 1.76. The molecule has 116 valence electrons. The molecule has 1 amide bonds. The largest absolute Gasteiger partial charge is 0.341 e. The lowest BCUT2D eigenvalue weighted by molar-refractivity contribution is -0.127. The first-order chi connectivity index (χ1) is 10.5. The minimum Gasteiger partial charge on any atom is -0.341 e. The number of amides is 1. The number of rotatable bonds is 6. The van der Waals surface area contributed by atoms with Crippen LogP contribution in [-0.2, 0) is 17.1 Å². The highest BCUT2D eigenvalue weighted by atomic mass is 35.5. The van der Waals surface area contributed by atoms with Gasteiger partial charge in [0.2, 0.25) is 5.91 Å². The molecule has 2 nitrogen and oxygen atoms in total. The molecule has 2 rings (SSSR count). The summed E-state index contributed by atoms with van der Waals surface area (Å²) in [5.41, 5.74) is 3.60. The molecule has 0 bridgehead atoms. The molecular weight excluding hydrogens is 314 g/mol. The molecule has 0 saturated heterocycles. The molecule has 0 aromatic heterocycles. The summed E-state index contributed by atoms with van der Waals surface area (Å²) in [6.07, 6.45) is 0. The van der Waals surface area contributed by atoms with Crippen LogP contribution in [0.25, 0.3) is 0 Å². The van der Waals surface area contributed by atoms with Gasteiger partial charge in [-0.3, -0.25) is 4.79 Å². The normalized spacial score (nSPS) is 10.5. The van der Waals surface area contributed by atoms with Crippen molar-refractivity contribution in [2.45, 2.75) is 19.2 Å². The van der Waals surface area contributed by atoms with Crippen LogP contribution < -0.4 is 0 Å². The zero-order valence-corrected chi connectivity index (χ0v) is 14.5. The topological polar surface area (TPSA) is 20.3 Å². The highest BCUT2D eigenvalue weighted by molar-refractivity contribution is 7.99. The summed E-state index contributed by atoms with van der Waals surface area (Å²) < 4.78 is 0. The lowest BCUT2D eigenvalue weighted by Crippen LogP contribution is -2.27. The van der Waals surface area contributed by atoms with E-state index in [1.165, 1.54) is 11.1 Å². The monoisotopic (exact) mass is 333 g/mol. The van der Waals surface area contributed by atoms with Crippen LogP contribution >= 0.6 is 23.4 Å². The number of thioether (sulfide) groups is 1. The first-order valence-corrected chi connectivity index (χ1v) is 8.69. The summed E-state index contributed by atoms with van der Waals surface area (Å²) in [6.45, 7) is 2.69. The van der Waals surface area contributed by atoms with Gasteiger partial charge in [0.1, 0.15) is 0 Å². The van der Waals surface area contributed by atoms with Crippen molar-refractivity contribution in [1.29, 1.82) is 0 Å². The van der Waals surface area contributed by atoms with Crippen LogP contribution in [0.5, 0.6) is 0 Å². The predicted molar refractivity (Wildman–Crippen MR) is 95.3 cm³/mol. The molecule has 0 aliphatic heterocycles. The van der Waals surface area contributed by atoms with E-state index in [1.807, 2.05) is 31.3 Å². The number of aryl methyl sites for hydroxylation is 1. The fraction of sp³-hybridized carbons (Fsp3) is 0.278. The van der Waals surface area contributed by atoms with E-state index in [1.54, 1.807) is 16.7 Å². The van der Waals surface area contributed by atoms with Gasteiger partial charge in [-0.15, -0.1) is 11.8 Å². The highest BCUT2D eigenvalue weighted by Gasteiger charge is 2.09. The summed E-state index contributed by atoms with van der Waals surface area (Å²) >= 11 is 7.51. The molecular formula is C18H20ClNOS. The number of hydrogen-bond donors (Lipinski definition) is 0. The number of carbonyl (C=O) groups is 1. The van der Waals surface area contributed by atoms with Crippen LogP contribution in [0.2, 0.25) is 5.02 Å². The van der Waals surface area contributed by atoms with E-state index in [2.05, 4.69) is 31.2 Å². The summed E-state index contributed by atoms with van der Waals surface area (Å²) in [6, 6.07) is 16.0. The van der Waals surface area contributed by atoms with Crippen molar-refractivity contribution in [2.75, 3.05) is 12.8 Å². The van der Waals surface area contributed by atoms with Gasteiger partial charge in [0.25, 0.3) is 0 Å². The molecule has 22 heavy (non-hydrogen) atoms. The van der Waals surface area contributed by atoms with Crippen molar-refractivity contribution < 1.29 is 4.79 Å².